The Hall–Kier alpha value is -9.52. The fraction of sp³-hybridized carbons (Fsp3) is 0.204. The number of rotatable bonds is 9. The Morgan fingerprint density at radius 2 is 0.901 bits per heavy atom. The van der Waals surface area contributed by atoms with E-state index in [9.17, 15) is 0 Å². The molecule has 0 aliphatic rings. The van der Waals surface area contributed by atoms with Crippen LogP contribution in [0.4, 0.5) is 0 Å². The molecule has 15 aromatic rings. The molecule has 9 aromatic carbocycles. The first-order chi connectivity index (χ1) is 63.7. The number of fused-ring (bicyclic) bond motifs is 6. The second-order valence-corrected chi connectivity index (χ2v) is 24.9. The molecule has 0 saturated carbocycles. The third-order valence-corrected chi connectivity index (χ3v) is 15.1. The molecule has 0 atom stereocenters. The van der Waals surface area contributed by atoms with Crippen LogP contribution < -0.4 is 0 Å². The van der Waals surface area contributed by atoms with Gasteiger partial charge in [0.15, 0.2) is 0 Å². The Kier molecular flexibility index (Phi) is 12.0. The van der Waals surface area contributed by atoms with Gasteiger partial charge in [0.25, 0.3) is 0 Å². The fourth-order valence-electron chi connectivity index (χ4n) is 10.6. The molecule has 0 saturated heterocycles. The van der Waals surface area contributed by atoms with Crippen molar-refractivity contribution in [3.8, 4) is 78.4 Å². The molecular weight excluding hydrogens is 1590 g/mol. The third-order valence-electron chi connectivity index (χ3n) is 15.1. The first-order valence-electron chi connectivity index (χ1n) is 50.8. The minimum atomic E-state index is -2.79. The first-order valence-corrected chi connectivity index (χ1v) is 30.8. The summed E-state index contributed by atoms with van der Waals surface area (Å²) in [6.45, 7) is -8.13. The van der Waals surface area contributed by atoms with Gasteiger partial charge in [-0.25, -0.2) is 0 Å². The van der Waals surface area contributed by atoms with E-state index in [1.54, 1.807) is 72.7 Å². The summed E-state index contributed by atoms with van der Waals surface area (Å²) in [5, 5.41) is -0.383. The molecule has 0 spiro atoms. The van der Waals surface area contributed by atoms with Crippen molar-refractivity contribution in [3.63, 3.8) is 0 Å². The Bertz CT molecular complexity index is 6990. The molecule has 0 amide bonds. The minimum absolute atomic E-state index is 0. The summed E-state index contributed by atoms with van der Waals surface area (Å²) in [6.07, 6.45) is 0.840. The monoisotopic (exact) mass is 1720 g/mol. The van der Waals surface area contributed by atoms with Gasteiger partial charge in [0.2, 0.25) is 0 Å². The quantitative estimate of drug-likeness (QED) is 0.134. The van der Waals surface area contributed by atoms with Gasteiger partial charge in [-0.2, -0.15) is 0 Å². The van der Waals surface area contributed by atoms with E-state index in [-0.39, 0.29) is 184 Å². The van der Waals surface area contributed by atoms with Crippen LogP contribution in [0.2, 0.25) is 0 Å². The summed E-state index contributed by atoms with van der Waals surface area (Å²) in [5.41, 5.74) is 1.33. The van der Waals surface area contributed by atoms with E-state index in [4.69, 9.17) is 63.7 Å². The van der Waals surface area contributed by atoms with Crippen LogP contribution >= 0.6 is 0 Å². The second kappa shape index (κ2) is 32.0. The molecule has 8 heteroatoms. The van der Waals surface area contributed by atoms with Crippen molar-refractivity contribution in [3.05, 3.63) is 310 Å². The molecule has 0 fully saturated rings. The van der Waals surface area contributed by atoms with Crippen LogP contribution in [-0.2, 0) is 53.0 Å². The van der Waals surface area contributed by atoms with Crippen LogP contribution in [-0.4, -0.2) is 19.9 Å². The summed E-state index contributed by atoms with van der Waals surface area (Å²) >= 11 is 0. The second-order valence-electron chi connectivity index (χ2n) is 24.9. The smallest absolute Gasteiger partial charge is 0.120 e. The van der Waals surface area contributed by atoms with E-state index in [0.717, 1.165) is 18.0 Å². The zero-order chi connectivity index (χ0) is 104. The molecule has 0 bridgehead atoms. The minimum Gasteiger partial charge on any atom is -0.501 e. The number of nitrogens with zero attached hydrogens (tertiary/aromatic N) is 4. The van der Waals surface area contributed by atoms with Crippen LogP contribution in [0, 0.1) is 96.8 Å². The van der Waals surface area contributed by atoms with Crippen molar-refractivity contribution >= 4 is 43.9 Å². The Morgan fingerprint density at radius 1 is 0.396 bits per heavy atom. The van der Waals surface area contributed by atoms with Crippen LogP contribution in [0.5, 0.6) is 0 Å². The molecule has 0 N–H and O–H groups in total. The van der Waals surface area contributed by atoms with Gasteiger partial charge in [0.1, 0.15) is 11.2 Å². The van der Waals surface area contributed by atoms with E-state index in [1.807, 2.05) is 30.3 Å². The number of hydrogen-bond donors (Lipinski definition) is 0. The Labute approximate surface area is 680 Å². The summed E-state index contributed by atoms with van der Waals surface area (Å²) < 4.78 is 335. The molecule has 2 radical (unpaired) electrons. The van der Waals surface area contributed by atoms with E-state index >= 15 is 0 Å². The summed E-state index contributed by atoms with van der Waals surface area (Å²) in [6, 6.07) is 37.7. The molecule has 6 aromatic heterocycles. The molecular formula is C93H86Ir2N4O2-4. The topological polar surface area (TPSA) is 77.8 Å². The summed E-state index contributed by atoms with van der Waals surface area (Å²) in [5.74, 6) is 0. The number of aromatic nitrogens is 4. The average molecular weight is 1720 g/mol. The average Bonchev–Trinajstić information content (AvgIpc) is 1.57. The zero-order valence-corrected chi connectivity index (χ0v) is 60.0. The number of furan rings is 2. The van der Waals surface area contributed by atoms with Gasteiger partial charge in [-0.05, 0) is 182 Å². The van der Waals surface area contributed by atoms with Crippen molar-refractivity contribution in [1.82, 2.24) is 19.9 Å². The molecule has 0 aliphatic heterocycles. The number of benzene rings is 9. The van der Waals surface area contributed by atoms with Gasteiger partial charge in [-0.3, -0.25) is 0 Å². The van der Waals surface area contributed by atoms with Crippen molar-refractivity contribution in [1.29, 1.82) is 0 Å². The number of hydrogen-bond acceptors (Lipinski definition) is 6. The number of aryl methyl sites for hydroxylation is 9. The molecule has 101 heavy (non-hydrogen) atoms. The predicted octanol–water partition coefficient (Wildman–Crippen LogP) is 24.9. The van der Waals surface area contributed by atoms with Crippen LogP contribution in [0.15, 0.2) is 234 Å². The Morgan fingerprint density at radius 3 is 1.39 bits per heavy atom. The van der Waals surface area contributed by atoms with E-state index < -0.39 is 151 Å². The maximum absolute atomic E-state index is 8.68. The maximum atomic E-state index is 8.68. The van der Waals surface area contributed by atoms with Crippen LogP contribution in [0.25, 0.3) is 122 Å². The molecule has 0 aliphatic carbocycles. The van der Waals surface area contributed by atoms with Crippen LogP contribution in [0.1, 0.15) is 158 Å². The van der Waals surface area contributed by atoms with Crippen molar-refractivity contribution in [2.75, 3.05) is 0 Å². The molecule has 15 rings (SSSR count). The van der Waals surface area contributed by atoms with Crippen molar-refractivity contribution in [2.24, 2.45) is 10.8 Å². The molecule has 0 unspecified atom stereocenters. The first kappa shape index (κ1) is 37.9. The number of pyridine rings is 4. The van der Waals surface area contributed by atoms with Gasteiger partial charge in [0.05, 0.1) is 22.1 Å². The zero-order valence-electron chi connectivity index (χ0n) is 95.2. The standard InChI is InChI=1S/2C30H28NO.C19H16N.C14H14N.2Ir/c2*1-19-15-21(17-30(3,4)5)13-14-22(19)26-16-27(31-18-20(26)2)25-11-8-10-24-23-9-6-7-12-28(23)32-29(24)25;1-14-8-11-19(20-13-14)17-10-9-15(2)18(12-17)16-6-4-3-5-7-16;1-10-4-6-13(7-5-10)14-8-11(2)12(3)9-15-14;;/h2*6-10,12-16,18H,17H2,1-5H3;3-9,11-13H,1-2H3;4-6,8-9H,1-3H3;;/q4*-1;;/i2*1D3,2D3,6D,7D,8D,9D,10D,12D,17D2;1D3,2D3;1D3,3D3;;. The Balaban J connectivity index is 0.000000202. The van der Waals surface area contributed by atoms with Crippen LogP contribution in [0.3, 0.4) is 0 Å². The fourth-order valence-corrected chi connectivity index (χ4v) is 10.6. The summed E-state index contributed by atoms with van der Waals surface area (Å²) in [7, 11) is 0. The van der Waals surface area contributed by atoms with E-state index in [1.165, 1.54) is 85.2 Å². The SMILES string of the molecule is [2H]C([2H])([2H])c1c[c-]c(-c2cc(C)c(C([2H])([2H])[2H])cn2)cc1.[2H]C([2H])([2H])c1ccc(-c2[c-]cc(C([2H])([2H])[2H])c(-c3ccccc3)c2)nc1.[2H]c1[c-]c(-c2cc(-c3ccc(C([2H])([2H])C(C)(C)C)cc3C([2H])([2H])[2H])c(C([2H])([2H])[2H])cn2)c2oc3c([2H])c([2H])c([2H])c([2H])c3c2c1[2H].[2H]c1[c-]c(-c2cc(-c3ccc(C([2H])([2H])C(C)(C)C)cc3C([2H])([2H])[2H])c(C([2H])([2H])[2H])cn2)c2oc3c([2H])c([2H])c([2H])c([2H])c3c2c1[2H].[Ir].[Ir]. The third kappa shape index (κ3) is 17.6. The van der Waals surface area contributed by atoms with Gasteiger partial charge in [-0.15, -0.1) is 101 Å². The normalized spacial score (nSPS) is 18.3. The molecule has 6 heterocycles. The number of para-hydroxylation sites is 2. The summed E-state index contributed by atoms with van der Waals surface area (Å²) in [4.78, 5) is 16.9. The van der Waals surface area contributed by atoms with Crippen molar-refractivity contribution < 1.29 is 104 Å². The largest absolute Gasteiger partial charge is 0.501 e. The van der Waals surface area contributed by atoms with Gasteiger partial charge < -0.3 is 28.8 Å². The van der Waals surface area contributed by atoms with Gasteiger partial charge >= 0.3 is 0 Å². The van der Waals surface area contributed by atoms with Crippen molar-refractivity contribution in [2.45, 2.75) is 116 Å². The predicted molar refractivity (Wildman–Crippen MR) is 414 cm³/mol. The van der Waals surface area contributed by atoms with Gasteiger partial charge in [-0.1, -0.05) is 222 Å². The molecule has 6 nitrogen and oxygen atoms in total. The maximum Gasteiger partial charge on any atom is 0.120 e. The van der Waals surface area contributed by atoms with E-state index in [2.05, 4.69) is 44.2 Å². The molecule has 512 valence electrons. The van der Waals surface area contributed by atoms with Gasteiger partial charge in [0, 0.05) is 117 Å². The van der Waals surface area contributed by atoms with E-state index in [0.29, 0.717) is 33.6 Å².